The van der Waals surface area contributed by atoms with Gasteiger partial charge in [0.25, 0.3) is 0 Å². The van der Waals surface area contributed by atoms with Crippen molar-refractivity contribution in [3.8, 4) is 0 Å². The molecule has 0 aromatic rings. The van der Waals surface area contributed by atoms with Crippen LogP contribution in [0.5, 0.6) is 0 Å². The summed E-state index contributed by atoms with van der Waals surface area (Å²) in [6.07, 6.45) is -0.200. The van der Waals surface area contributed by atoms with Gasteiger partial charge in [-0.3, -0.25) is 0 Å². The predicted molar refractivity (Wildman–Crippen MR) is 46.9 cm³/mol. The zero-order valence-electron chi connectivity index (χ0n) is 7.92. The summed E-state index contributed by atoms with van der Waals surface area (Å²) in [7, 11) is 0. The lowest BCUT2D eigenvalue weighted by Gasteiger charge is -2.12. The predicted octanol–water partition coefficient (Wildman–Crippen LogP) is 1.53. The van der Waals surface area contributed by atoms with Gasteiger partial charge in [0.05, 0.1) is 6.61 Å². The van der Waals surface area contributed by atoms with Gasteiger partial charge in [-0.2, -0.15) is 0 Å². The zero-order chi connectivity index (χ0) is 9.56. The minimum absolute atomic E-state index is 0.200. The molecule has 0 spiro atoms. The van der Waals surface area contributed by atoms with Crippen molar-refractivity contribution in [2.45, 2.75) is 26.9 Å². The van der Waals surface area contributed by atoms with Gasteiger partial charge in [-0.05, 0) is 20.8 Å². The van der Waals surface area contributed by atoms with Gasteiger partial charge in [-0.1, -0.05) is 6.58 Å². The van der Waals surface area contributed by atoms with Crippen molar-refractivity contribution in [1.29, 1.82) is 0 Å². The first-order valence-corrected chi connectivity index (χ1v) is 4.02. The first-order valence-electron chi connectivity index (χ1n) is 4.02. The molecule has 0 N–H and O–H groups in total. The van der Waals surface area contributed by atoms with E-state index in [0.717, 1.165) is 0 Å². The summed E-state index contributed by atoms with van der Waals surface area (Å²) in [4.78, 5) is 10.9. The number of carbonyl (C=O) groups is 1. The van der Waals surface area contributed by atoms with E-state index in [1.807, 2.05) is 6.92 Å². The molecule has 0 aliphatic rings. The molecule has 0 radical (unpaired) electrons. The number of esters is 1. The number of rotatable bonds is 5. The summed E-state index contributed by atoms with van der Waals surface area (Å²) in [5.74, 6) is -0.359. The highest BCUT2D eigenvalue weighted by molar-refractivity contribution is 5.87. The van der Waals surface area contributed by atoms with E-state index in [2.05, 4.69) is 6.58 Å². The molecule has 0 amide bonds. The minimum Gasteiger partial charge on any atom is -0.457 e. The maximum absolute atomic E-state index is 10.9. The smallest absolute Gasteiger partial charge is 0.333 e. The molecule has 1 unspecified atom stereocenters. The van der Waals surface area contributed by atoms with E-state index in [9.17, 15) is 4.79 Å². The van der Waals surface area contributed by atoms with E-state index < -0.39 is 0 Å². The zero-order valence-corrected chi connectivity index (χ0v) is 7.92. The maximum Gasteiger partial charge on any atom is 0.333 e. The van der Waals surface area contributed by atoms with E-state index in [4.69, 9.17) is 9.47 Å². The molecule has 1 atom stereocenters. The summed E-state index contributed by atoms with van der Waals surface area (Å²) in [5.41, 5.74) is 0.415. The van der Waals surface area contributed by atoms with Gasteiger partial charge in [-0.25, -0.2) is 4.79 Å². The monoisotopic (exact) mass is 172 g/mol. The Hall–Kier alpha value is -0.830. The van der Waals surface area contributed by atoms with Crippen LogP contribution < -0.4 is 0 Å². The molecule has 12 heavy (non-hydrogen) atoms. The van der Waals surface area contributed by atoms with Crippen LogP contribution in [-0.2, 0) is 14.3 Å². The molecule has 0 bridgehead atoms. The maximum atomic E-state index is 10.9. The van der Waals surface area contributed by atoms with Gasteiger partial charge in [0, 0.05) is 12.2 Å². The SMILES string of the molecule is C=C(C)C(=O)OC(C)COCC. The lowest BCUT2D eigenvalue weighted by atomic mass is 10.3. The van der Waals surface area contributed by atoms with Crippen LogP contribution in [0.3, 0.4) is 0 Å². The third-order valence-corrected chi connectivity index (χ3v) is 1.21. The van der Waals surface area contributed by atoms with Crippen LogP contribution in [0.1, 0.15) is 20.8 Å². The van der Waals surface area contributed by atoms with Crippen molar-refractivity contribution in [2.75, 3.05) is 13.2 Å². The molecular weight excluding hydrogens is 156 g/mol. The number of ether oxygens (including phenoxy) is 2. The van der Waals surface area contributed by atoms with Gasteiger partial charge >= 0.3 is 5.97 Å². The largest absolute Gasteiger partial charge is 0.457 e. The summed E-state index contributed by atoms with van der Waals surface area (Å²) >= 11 is 0. The molecule has 0 saturated heterocycles. The fraction of sp³-hybridized carbons (Fsp3) is 0.667. The van der Waals surface area contributed by atoms with Crippen LogP contribution in [0, 0.1) is 0 Å². The Kier molecular flexibility index (Phi) is 5.37. The Morgan fingerprint density at radius 1 is 1.58 bits per heavy atom. The van der Waals surface area contributed by atoms with E-state index in [-0.39, 0.29) is 12.1 Å². The molecule has 70 valence electrons. The van der Waals surface area contributed by atoms with Gasteiger partial charge in [0.2, 0.25) is 0 Å². The highest BCUT2D eigenvalue weighted by Gasteiger charge is 2.08. The number of hydrogen-bond acceptors (Lipinski definition) is 3. The van der Waals surface area contributed by atoms with Crippen LogP contribution in [0.15, 0.2) is 12.2 Å². The Bertz CT molecular complexity index is 163. The molecule has 3 nitrogen and oxygen atoms in total. The van der Waals surface area contributed by atoms with Crippen LogP contribution >= 0.6 is 0 Å². The highest BCUT2D eigenvalue weighted by atomic mass is 16.6. The number of hydrogen-bond donors (Lipinski definition) is 0. The fourth-order valence-corrected chi connectivity index (χ4v) is 0.601. The van der Waals surface area contributed by atoms with Crippen molar-refractivity contribution < 1.29 is 14.3 Å². The van der Waals surface area contributed by atoms with Crippen LogP contribution in [0.4, 0.5) is 0 Å². The van der Waals surface area contributed by atoms with Gasteiger partial charge in [-0.15, -0.1) is 0 Å². The summed E-state index contributed by atoms with van der Waals surface area (Å²) < 4.78 is 10.0. The molecule has 0 fully saturated rings. The Morgan fingerprint density at radius 2 is 2.17 bits per heavy atom. The molecule has 0 saturated carbocycles. The third-order valence-electron chi connectivity index (χ3n) is 1.21. The first kappa shape index (κ1) is 11.2. The molecule has 0 aromatic carbocycles. The molecule has 0 heterocycles. The summed E-state index contributed by atoms with van der Waals surface area (Å²) in [6, 6.07) is 0. The molecule has 0 rings (SSSR count). The van der Waals surface area contributed by atoms with Crippen molar-refractivity contribution in [3.05, 3.63) is 12.2 Å². The quantitative estimate of drug-likeness (QED) is 0.466. The highest BCUT2D eigenvalue weighted by Crippen LogP contribution is 1.98. The average Bonchev–Trinajstić information content (AvgIpc) is 2.00. The van der Waals surface area contributed by atoms with Gasteiger partial charge in [0.15, 0.2) is 0 Å². The first-order chi connectivity index (χ1) is 5.57. The molecule has 0 aromatic heterocycles. The normalized spacial score (nSPS) is 12.2. The van der Waals surface area contributed by atoms with Crippen LogP contribution in [0.25, 0.3) is 0 Å². The molecule has 0 aliphatic carbocycles. The number of carbonyl (C=O) groups excluding carboxylic acids is 1. The van der Waals surface area contributed by atoms with Crippen molar-refractivity contribution in [1.82, 2.24) is 0 Å². The second kappa shape index (κ2) is 5.77. The second-order valence-corrected chi connectivity index (χ2v) is 2.66. The molecular formula is C9H16O3. The van der Waals surface area contributed by atoms with Gasteiger partial charge < -0.3 is 9.47 Å². The lowest BCUT2D eigenvalue weighted by molar-refractivity contribution is -0.146. The van der Waals surface area contributed by atoms with Crippen LogP contribution in [0.2, 0.25) is 0 Å². The third kappa shape index (κ3) is 4.91. The summed E-state index contributed by atoms with van der Waals surface area (Å²) in [6.45, 7) is 9.85. The summed E-state index contributed by atoms with van der Waals surface area (Å²) in [5, 5.41) is 0. The molecule has 0 aliphatic heterocycles. The Labute approximate surface area is 73.4 Å². The van der Waals surface area contributed by atoms with Gasteiger partial charge in [0.1, 0.15) is 6.10 Å². The Balaban J connectivity index is 3.61. The average molecular weight is 172 g/mol. The van der Waals surface area contributed by atoms with E-state index in [1.54, 1.807) is 13.8 Å². The minimum atomic E-state index is -0.359. The standard InChI is InChI=1S/C9H16O3/c1-5-11-6-8(4)12-9(10)7(2)3/h8H,2,5-6H2,1,3-4H3. The van der Waals surface area contributed by atoms with Crippen molar-refractivity contribution in [2.24, 2.45) is 0 Å². The molecule has 3 heteroatoms. The van der Waals surface area contributed by atoms with E-state index >= 15 is 0 Å². The van der Waals surface area contributed by atoms with Crippen molar-refractivity contribution >= 4 is 5.97 Å². The second-order valence-electron chi connectivity index (χ2n) is 2.66. The van der Waals surface area contributed by atoms with E-state index in [0.29, 0.717) is 18.8 Å². The van der Waals surface area contributed by atoms with Crippen molar-refractivity contribution in [3.63, 3.8) is 0 Å². The fourth-order valence-electron chi connectivity index (χ4n) is 0.601. The Morgan fingerprint density at radius 3 is 2.58 bits per heavy atom. The van der Waals surface area contributed by atoms with E-state index in [1.165, 1.54) is 0 Å². The lowest BCUT2D eigenvalue weighted by Crippen LogP contribution is -2.20. The topological polar surface area (TPSA) is 35.5 Å². The van der Waals surface area contributed by atoms with Crippen LogP contribution in [-0.4, -0.2) is 25.3 Å².